The highest BCUT2D eigenvalue weighted by Crippen LogP contribution is 2.38. The monoisotopic (exact) mass is 299 g/mol. The van der Waals surface area contributed by atoms with Crippen LogP contribution in [-0.2, 0) is 17.6 Å². The second-order valence-corrected chi connectivity index (χ2v) is 5.72. The molecule has 1 aliphatic heterocycles. The third-order valence-electron chi connectivity index (χ3n) is 3.67. The number of pyridine rings is 1. The first kappa shape index (κ1) is 14.4. The van der Waals surface area contributed by atoms with Gasteiger partial charge >= 0.3 is 5.97 Å². The zero-order chi connectivity index (χ0) is 15.7. The Hall–Kier alpha value is -2.56. The number of aromatic nitrogens is 1. The number of hydrogen-bond donors (Lipinski definition) is 1. The van der Waals surface area contributed by atoms with E-state index in [1.165, 1.54) is 13.8 Å². The van der Waals surface area contributed by atoms with Crippen LogP contribution in [0, 0.1) is 0 Å². The van der Waals surface area contributed by atoms with Crippen molar-refractivity contribution in [3.05, 3.63) is 47.7 Å². The van der Waals surface area contributed by atoms with Crippen molar-refractivity contribution in [2.45, 2.75) is 32.3 Å². The zero-order valence-corrected chi connectivity index (χ0v) is 12.5. The van der Waals surface area contributed by atoms with Crippen LogP contribution >= 0.6 is 0 Å². The lowest BCUT2D eigenvalue weighted by molar-refractivity contribution is -0.152. The molecule has 5 heteroatoms. The van der Waals surface area contributed by atoms with Crippen LogP contribution in [0.1, 0.15) is 25.0 Å². The van der Waals surface area contributed by atoms with Gasteiger partial charge in [-0.15, -0.1) is 0 Å². The highest BCUT2D eigenvalue weighted by molar-refractivity contribution is 5.77. The third-order valence-corrected chi connectivity index (χ3v) is 3.67. The first-order valence-electron chi connectivity index (χ1n) is 7.13. The number of fused-ring (bicyclic) bond motifs is 2. The molecule has 2 aromatic rings. The van der Waals surface area contributed by atoms with Crippen molar-refractivity contribution in [1.82, 2.24) is 4.98 Å². The van der Waals surface area contributed by atoms with Crippen LogP contribution in [0.25, 0.3) is 0 Å². The van der Waals surface area contributed by atoms with Crippen molar-refractivity contribution in [3.63, 3.8) is 0 Å². The zero-order valence-electron chi connectivity index (χ0n) is 12.5. The van der Waals surface area contributed by atoms with Crippen molar-refractivity contribution in [2.24, 2.45) is 0 Å². The van der Waals surface area contributed by atoms with Crippen molar-refractivity contribution in [2.75, 3.05) is 0 Å². The number of carboxylic acid groups (broad SMARTS) is 1. The Labute approximate surface area is 128 Å². The highest BCUT2D eigenvalue weighted by Gasteiger charge is 2.31. The van der Waals surface area contributed by atoms with E-state index in [1.54, 1.807) is 18.3 Å². The molecular weight excluding hydrogens is 282 g/mol. The molecule has 0 bridgehead atoms. The number of carbonyl (C=O) groups is 1. The second-order valence-electron chi connectivity index (χ2n) is 5.72. The minimum atomic E-state index is -1.30. The average molecular weight is 299 g/mol. The molecule has 22 heavy (non-hydrogen) atoms. The standard InChI is InChI=1S/C17H17NO4/c1-17(2,16(19)20)22-14-7-3-6-13-12(14)9-8-11-5-4-10-18-15(11)21-13/h3-7,10H,8-9H2,1-2H3,(H,19,20). The topological polar surface area (TPSA) is 68.7 Å². The van der Waals surface area contributed by atoms with E-state index < -0.39 is 11.6 Å². The number of carboxylic acids is 1. The molecule has 0 saturated carbocycles. The maximum Gasteiger partial charge on any atom is 0.347 e. The molecule has 0 aliphatic carbocycles. The number of rotatable bonds is 3. The smallest absolute Gasteiger partial charge is 0.347 e. The number of hydrogen-bond acceptors (Lipinski definition) is 4. The first-order valence-corrected chi connectivity index (χ1v) is 7.13. The van der Waals surface area contributed by atoms with Gasteiger partial charge in [-0.05, 0) is 44.9 Å². The summed E-state index contributed by atoms with van der Waals surface area (Å²) < 4.78 is 11.6. The SMILES string of the molecule is CC(C)(Oc1cccc2c1CCc1cccnc1O2)C(=O)O. The Morgan fingerprint density at radius 2 is 2.09 bits per heavy atom. The average Bonchev–Trinajstić information content (AvgIpc) is 2.66. The van der Waals surface area contributed by atoms with E-state index in [0.717, 1.165) is 17.5 Å². The molecule has 0 spiro atoms. The lowest BCUT2D eigenvalue weighted by Gasteiger charge is -2.23. The van der Waals surface area contributed by atoms with E-state index in [4.69, 9.17) is 9.47 Å². The Kier molecular flexibility index (Phi) is 3.48. The van der Waals surface area contributed by atoms with Gasteiger partial charge in [0.25, 0.3) is 0 Å². The predicted octanol–water partition coefficient (Wildman–Crippen LogP) is 3.21. The summed E-state index contributed by atoms with van der Waals surface area (Å²) in [6.07, 6.45) is 3.17. The fourth-order valence-electron chi connectivity index (χ4n) is 2.37. The minimum Gasteiger partial charge on any atom is -0.478 e. The molecule has 0 fully saturated rings. The van der Waals surface area contributed by atoms with E-state index in [2.05, 4.69) is 4.98 Å². The van der Waals surface area contributed by atoms with Gasteiger partial charge in [0, 0.05) is 17.3 Å². The minimum absolute atomic E-state index is 0.540. The maximum absolute atomic E-state index is 11.3. The molecule has 5 nitrogen and oxygen atoms in total. The molecule has 1 aromatic heterocycles. The summed E-state index contributed by atoms with van der Waals surface area (Å²) in [5, 5.41) is 9.24. The molecule has 1 aromatic carbocycles. The molecule has 1 N–H and O–H groups in total. The Balaban J connectivity index is 1.98. The van der Waals surface area contributed by atoms with Gasteiger partial charge in [0.15, 0.2) is 5.60 Å². The predicted molar refractivity (Wildman–Crippen MR) is 80.5 cm³/mol. The molecular formula is C17H17NO4. The highest BCUT2D eigenvalue weighted by atomic mass is 16.5. The fraction of sp³-hybridized carbons (Fsp3) is 0.294. The van der Waals surface area contributed by atoms with Crippen molar-refractivity contribution in [1.29, 1.82) is 0 Å². The van der Waals surface area contributed by atoms with Crippen LogP contribution in [0.5, 0.6) is 17.4 Å². The second kappa shape index (κ2) is 5.33. The van der Waals surface area contributed by atoms with Crippen LogP contribution in [-0.4, -0.2) is 21.7 Å². The van der Waals surface area contributed by atoms with Crippen LogP contribution in [0.3, 0.4) is 0 Å². The molecule has 2 heterocycles. The van der Waals surface area contributed by atoms with E-state index in [0.29, 0.717) is 23.8 Å². The first-order chi connectivity index (χ1) is 10.5. The van der Waals surface area contributed by atoms with E-state index >= 15 is 0 Å². The van der Waals surface area contributed by atoms with Crippen LogP contribution in [0.15, 0.2) is 36.5 Å². The van der Waals surface area contributed by atoms with Gasteiger partial charge in [-0.3, -0.25) is 0 Å². The molecule has 3 rings (SSSR count). The van der Waals surface area contributed by atoms with Crippen molar-refractivity contribution < 1.29 is 19.4 Å². The van der Waals surface area contributed by atoms with Gasteiger partial charge in [0.05, 0.1) is 0 Å². The van der Waals surface area contributed by atoms with Gasteiger partial charge in [0.2, 0.25) is 5.88 Å². The molecule has 0 saturated heterocycles. The number of nitrogens with zero attached hydrogens (tertiary/aromatic N) is 1. The summed E-state index contributed by atoms with van der Waals surface area (Å²) in [7, 11) is 0. The summed E-state index contributed by atoms with van der Waals surface area (Å²) in [6, 6.07) is 9.27. The number of benzene rings is 1. The van der Waals surface area contributed by atoms with Crippen LogP contribution in [0.2, 0.25) is 0 Å². The number of aliphatic carboxylic acids is 1. The molecule has 0 unspecified atom stereocenters. The van der Waals surface area contributed by atoms with Gasteiger partial charge in [0.1, 0.15) is 11.5 Å². The van der Waals surface area contributed by atoms with Gasteiger partial charge in [-0.2, -0.15) is 0 Å². The maximum atomic E-state index is 11.3. The summed E-state index contributed by atoms with van der Waals surface area (Å²) in [6.45, 7) is 3.06. The van der Waals surface area contributed by atoms with Crippen LogP contribution in [0.4, 0.5) is 0 Å². The van der Waals surface area contributed by atoms with E-state index in [1.807, 2.05) is 18.2 Å². The number of aryl methyl sites for hydroxylation is 1. The fourth-order valence-corrected chi connectivity index (χ4v) is 2.37. The molecule has 0 radical (unpaired) electrons. The lowest BCUT2D eigenvalue weighted by atomic mass is 10.0. The van der Waals surface area contributed by atoms with Gasteiger partial charge in [-0.1, -0.05) is 12.1 Å². The lowest BCUT2D eigenvalue weighted by Crippen LogP contribution is -2.38. The summed E-state index contributed by atoms with van der Waals surface area (Å²) in [5.41, 5.74) is 0.601. The van der Waals surface area contributed by atoms with E-state index in [9.17, 15) is 9.90 Å². The Morgan fingerprint density at radius 1 is 1.27 bits per heavy atom. The Bertz CT molecular complexity index is 724. The molecule has 0 amide bonds. The normalized spacial score (nSPS) is 13.4. The van der Waals surface area contributed by atoms with Gasteiger partial charge in [-0.25, -0.2) is 9.78 Å². The quantitative estimate of drug-likeness (QED) is 0.942. The van der Waals surface area contributed by atoms with Crippen LogP contribution < -0.4 is 9.47 Å². The molecule has 1 aliphatic rings. The number of ether oxygens (including phenoxy) is 2. The molecule has 114 valence electrons. The van der Waals surface area contributed by atoms with Gasteiger partial charge < -0.3 is 14.6 Å². The summed E-state index contributed by atoms with van der Waals surface area (Å²) >= 11 is 0. The summed E-state index contributed by atoms with van der Waals surface area (Å²) in [5.74, 6) is 0.786. The largest absolute Gasteiger partial charge is 0.478 e. The van der Waals surface area contributed by atoms with Crippen molar-refractivity contribution in [3.8, 4) is 17.4 Å². The van der Waals surface area contributed by atoms with E-state index in [-0.39, 0.29) is 0 Å². The third kappa shape index (κ3) is 2.62. The summed E-state index contributed by atoms with van der Waals surface area (Å²) in [4.78, 5) is 15.5. The Morgan fingerprint density at radius 3 is 2.86 bits per heavy atom. The van der Waals surface area contributed by atoms with Crippen molar-refractivity contribution >= 4 is 5.97 Å². The molecule has 0 atom stereocenters.